The van der Waals surface area contributed by atoms with E-state index in [9.17, 15) is 4.79 Å². The highest BCUT2D eigenvalue weighted by atomic mass is 16.1. The minimum absolute atomic E-state index is 0.0682. The summed E-state index contributed by atoms with van der Waals surface area (Å²) in [6, 6.07) is 5.83. The molecule has 1 aromatic heterocycles. The molecule has 5 nitrogen and oxygen atoms in total. The van der Waals surface area contributed by atoms with Gasteiger partial charge in [0.1, 0.15) is 0 Å². The topological polar surface area (TPSA) is 69.8 Å². The van der Waals surface area contributed by atoms with E-state index < -0.39 is 0 Å². The van der Waals surface area contributed by atoms with Crippen LogP contribution in [0.2, 0.25) is 0 Å². The van der Waals surface area contributed by atoms with Crippen LogP contribution in [0.4, 0.5) is 11.4 Å². The summed E-state index contributed by atoms with van der Waals surface area (Å²) in [5.41, 5.74) is 6.20. The Morgan fingerprint density at radius 2 is 2.05 bits per heavy atom. The molecule has 1 amide bonds. The van der Waals surface area contributed by atoms with Gasteiger partial charge in [0, 0.05) is 36.1 Å². The van der Waals surface area contributed by atoms with Gasteiger partial charge in [-0.2, -0.15) is 5.10 Å². The number of hydrogen-bond acceptors (Lipinski definition) is 3. The molecule has 0 aliphatic carbocycles. The van der Waals surface area contributed by atoms with Crippen LogP contribution in [-0.2, 0) is 11.3 Å². The highest BCUT2D eigenvalue weighted by Gasteiger charge is 2.07. The number of nitrogens with zero attached hydrogens (tertiary/aromatic N) is 1. The van der Waals surface area contributed by atoms with Crippen LogP contribution < -0.4 is 10.6 Å². The van der Waals surface area contributed by atoms with Gasteiger partial charge < -0.3 is 10.6 Å². The molecule has 2 aromatic rings. The van der Waals surface area contributed by atoms with Crippen molar-refractivity contribution in [1.82, 2.24) is 10.2 Å². The zero-order valence-electron chi connectivity index (χ0n) is 12.3. The molecule has 3 N–H and O–H groups in total. The van der Waals surface area contributed by atoms with E-state index in [2.05, 4.69) is 20.8 Å². The van der Waals surface area contributed by atoms with Gasteiger partial charge in [-0.25, -0.2) is 0 Å². The van der Waals surface area contributed by atoms with Gasteiger partial charge >= 0.3 is 0 Å². The minimum atomic E-state index is -0.0682. The summed E-state index contributed by atoms with van der Waals surface area (Å²) in [5.74, 6) is -0.0682. The molecule has 0 aliphatic heterocycles. The lowest BCUT2D eigenvalue weighted by Gasteiger charge is -2.12. The molecule has 5 heteroatoms. The van der Waals surface area contributed by atoms with E-state index in [1.165, 1.54) is 12.5 Å². The maximum atomic E-state index is 11.1. The van der Waals surface area contributed by atoms with Crippen LogP contribution in [0.3, 0.4) is 0 Å². The zero-order chi connectivity index (χ0) is 14.7. The Kier molecular flexibility index (Phi) is 4.08. The molecule has 0 aliphatic rings. The lowest BCUT2D eigenvalue weighted by molar-refractivity contribution is -0.114. The monoisotopic (exact) mass is 272 g/mol. The Labute approximate surface area is 118 Å². The van der Waals surface area contributed by atoms with Crippen molar-refractivity contribution in [2.45, 2.75) is 34.2 Å². The third-order valence-corrected chi connectivity index (χ3v) is 3.29. The Balaban J connectivity index is 2.14. The lowest BCUT2D eigenvalue weighted by atomic mass is 10.1. The van der Waals surface area contributed by atoms with Gasteiger partial charge in [-0.3, -0.25) is 9.89 Å². The molecule has 1 heterocycles. The van der Waals surface area contributed by atoms with Gasteiger partial charge in [0.05, 0.1) is 5.69 Å². The summed E-state index contributed by atoms with van der Waals surface area (Å²) in [5, 5.41) is 13.4. The molecule has 0 atom stereocenters. The SMILES string of the molecule is CC(=O)Nc1ccc(C)c(NCc2c(C)n[nH]c2C)c1. The molecule has 1 aromatic carbocycles. The van der Waals surface area contributed by atoms with E-state index in [4.69, 9.17) is 0 Å². The number of amides is 1. The number of aryl methyl sites for hydroxylation is 3. The van der Waals surface area contributed by atoms with Gasteiger partial charge in [0.2, 0.25) is 5.91 Å². The largest absolute Gasteiger partial charge is 0.381 e. The third kappa shape index (κ3) is 3.17. The van der Waals surface area contributed by atoms with Gasteiger partial charge in [0.25, 0.3) is 0 Å². The number of aromatic amines is 1. The van der Waals surface area contributed by atoms with E-state index in [-0.39, 0.29) is 5.91 Å². The smallest absolute Gasteiger partial charge is 0.221 e. The first-order valence-electron chi connectivity index (χ1n) is 6.60. The summed E-state index contributed by atoms with van der Waals surface area (Å²) >= 11 is 0. The number of nitrogens with one attached hydrogen (secondary N) is 3. The number of hydrogen-bond donors (Lipinski definition) is 3. The Hall–Kier alpha value is -2.30. The molecule has 0 saturated heterocycles. The molecule has 0 unspecified atom stereocenters. The molecule has 0 saturated carbocycles. The summed E-state index contributed by atoms with van der Waals surface area (Å²) in [7, 11) is 0. The average Bonchev–Trinajstić information content (AvgIpc) is 2.69. The quantitative estimate of drug-likeness (QED) is 0.801. The van der Waals surface area contributed by atoms with E-state index in [1.807, 2.05) is 39.0 Å². The van der Waals surface area contributed by atoms with E-state index in [0.29, 0.717) is 6.54 Å². The fourth-order valence-electron chi connectivity index (χ4n) is 2.11. The summed E-state index contributed by atoms with van der Waals surface area (Å²) in [4.78, 5) is 11.1. The second-order valence-corrected chi connectivity index (χ2v) is 4.98. The number of carbonyl (C=O) groups is 1. The standard InChI is InChI=1S/C15H20N4O/c1-9-5-6-13(17-12(4)20)7-15(9)16-8-14-10(2)18-19-11(14)3/h5-7,16H,8H2,1-4H3,(H,17,20)(H,18,19). The third-order valence-electron chi connectivity index (χ3n) is 3.29. The Morgan fingerprint density at radius 3 is 2.65 bits per heavy atom. The lowest BCUT2D eigenvalue weighted by Crippen LogP contribution is -2.07. The highest BCUT2D eigenvalue weighted by molar-refractivity contribution is 5.89. The van der Waals surface area contributed by atoms with Crippen LogP contribution in [0.1, 0.15) is 29.4 Å². The van der Waals surface area contributed by atoms with Crippen molar-refractivity contribution in [3.8, 4) is 0 Å². The van der Waals surface area contributed by atoms with Crippen molar-refractivity contribution >= 4 is 17.3 Å². The average molecular weight is 272 g/mol. The molecule has 0 spiro atoms. The molecule has 0 bridgehead atoms. The molecule has 0 radical (unpaired) electrons. The normalized spacial score (nSPS) is 10.4. The van der Waals surface area contributed by atoms with Crippen molar-refractivity contribution in [3.05, 3.63) is 40.7 Å². The van der Waals surface area contributed by atoms with Gasteiger partial charge in [-0.05, 0) is 38.5 Å². The number of anilines is 2. The molecular formula is C15H20N4O. The zero-order valence-corrected chi connectivity index (χ0v) is 12.3. The number of carbonyl (C=O) groups excluding carboxylic acids is 1. The maximum absolute atomic E-state index is 11.1. The fourth-order valence-corrected chi connectivity index (χ4v) is 2.11. The Bertz CT molecular complexity index is 611. The summed E-state index contributed by atoms with van der Waals surface area (Å²) < 4.78 is 0. The van der Waals surface area contributed by atoms with E-state index >= 15 is 0 Å². The molecular weight excluding hydrogens is 252 g/mol. The number of rotatable bonds is 4. The van der Waals surface area contributed by atoms with Crippen LogP contribution in [0.25, 0.3) is 0 Å². The molecule has 106 valence electrons. The maximum Gasteiger partial charge on any atom is 0.221 e. The van der Waals surface area contributed by atoms with Gasteiger partial charge in [-0.1, -0.05) is 6.07 Å². The first-order valence-corrected chi connectivity index (χ1v) is 6.60. The fraction of sp³-hybridized carbons (Fsp3) is 0.333. The van der Waals surface area contributed by atoms with Crippen molar-refractivity contribution in [2.24, 2.45) is 0 Å². The van der Waals surface area contributed by atoms with Gasteiger partial charge in [-0.15, -0.1) is 0 Å². The second-order valence-electron chi connectivity index (χ2n) is 4.98. The Morgan fingerprint density at radius 1 is 1.30 bits per heavy atom. The van der Waals surface area contributed by atoms with E-state index in [1.54, 1.807) is 0 Å². The van der Waals surface area contributed by atoms with Crippen molar-refractivity contribution < 1.29 is 4.79 Å². The predicted molar refractivity (Wildman–Crippen MR) is 80.9 cm³/mol. The first-order chi connectivity index (χ1) is 9.47. The van der Waals surface area contributed by atoms with Crippen molar-refractivity contribution in [2.75, 3.05) is 10.6 Å². The summed E-state index contributed by atoms with van der Waals surface area (Å²) in [6.07, 6.45) is 0. The van der Waals surface area contributed by atoms with Crippen LogP contribution in [0.5, 0.6) is 0 Å². The molecule has 2 rings (SSSR count). The second kappa shape index (κ2) is 5.77. The molecule has 0 fully saturated rings. The van der Waals surface area contributed by atoms with E-state index in [0.717, 1.165) is 28.3 Å². The molecule has 20 heavy (non-hydrogen) atoms. The highest BCUT2D eigenvalue weighted by Crippen LogP contribution is 2.22. The number of benzene rings is 1. The van der Waals surface area contributed by atoms with Crippen molar-refractivity contribution in [3.63, 3.8) is 0 Å². The first kappa shape index (κ1) is 14.1. The summed E-state index contributed by atoms with van der Waals surface area (Å²) in [6.45, 7) is 8.25. The van der Waals surface area contributed by atoms with Crippen LogP contribution >= 0.6 is 0 Å². The van der Waals surface area contributed by atoms with Crippen LogP contribution in [0, 0.1) is 20.8 Å². The van der Waals surface area contributed by atoms with Crippen LogP contribution in [-0.4, -0.2) is 16.1 Å². The van der Waals surface area contributed by atoms with Crippen molar-refractivity contribution in [1.29, 1.82) is 0 Å². The van der Waals surface area contributed by atoms with Crippen LogP contribution in [0.15, 0.2) is 18.2 Å². The van der Waals surface area contributed by atoms with Gasteiger partial charge in [0.15, 0.2) is 0 Å². The predicted octanol–water partition coefficient (Wildman–Crippen LogP) is 2.91. The number of aromatic nitrogens is 2. The number of H-pyrrole nitrogens is 1. The minimum Gasteiger partial charge on any atom is -0.381 e.